The summed E-state index contributed by atoms with van der Waals surface area (Å²) in [6.45, 7) is 8.26. The van der Waals surface area contributed by atoms with Crippen molar-refractivity contribution >= 4 is 0 Å². The van der Waals surface area contributed by atoms with Crippen LogP contribution in [0.3, 0.4) is 0 Å². The lowest BCUT2D eigenvalue weighted by molar-refractivity contribution is 0.613. The smallest absolute Gasteiger partial charge is 0.0136 e. The van der Waals surface area contributed by atoms with E-state index in [-0.39, 0.29) is 6.04 Å². The number of rotatable bonds is 4. The number of nitrogens with one attached hydrogen (secondary N) is 1. The highest BCUT2D eigenvalue weighted by atomic mass is 14.9. The van der Waals surface area contributed by atoms with E-state index in [9.17, 15) is 0 Å². The second kappa shape index (κ2) is 10.8. The van der Waals surface area contributed by atoms with E-state index in [1.165, 1.54) is 0 Å². The molecule has 1 atom stereocenters. The largest absolute Gasteiger partial charge is 0.329 e. The number of hydrogen-bond donors (Lipinski definition) is 4. The van der Waals surface area contributed by atoms with Crippen molar-refractivity contribution in [3.8, 4) is 0 Å². The molecule has 0 aliphatic carbocycles. The molecule has 0 aromatic carbocycles. The van der Waals surface area contributed by atoms with Crippen molar-refractivity contribution in [2.45, 2.75) is 32.9 Å². The van der Waals surface area contributed by atoms with Gasteiger partial charge in [-0.05, 0) is 13.0 Å². The van der Waals surface area contributed by atoms with Gasteiger partial charge >= 0.3 is 0 Å². The highest BCUT2D eigenvalue weighted by Crippen LogP contribution is 1.66. The van der Waals surface area contributed by atoms with Crippen LogP contribution in [0.2, 0.25) is 0 Å². The van der Waals surface area contributed by atoms with Gasteiger partial charge in [0.15, 0.2) is 0 Å². The van der Waals surface area contributed by atoms with Crippen molar-refractivity contribution in [2.75, 3.05) is 19.6 Å². The Kier molecular flexibility index (Phi) is 13.0. The zero-order chi connectivity index (χ0) is 9.98. The van der Waals surface area contributed by atoms with Gasteiger partial charge in [0.25, 0.3) is 0 Å². The third-order valence-electron chi connectivity index (χ3n) is 0.787. The summed E-state index contributed by atoms with van der Waals surface area (Å²) in [7, 11) is 0. The fraction of sp³-hybridized carbons (Fsp3) is 1.00. The van der Waals surface area contributed by atoms with E-state index in [4.69, 9.17) is 17.2 Å². The molecule has 0 heterocycles. The van der Waals surface area contributed by atoms with Crippen molar-refractivity contribution in [1.29, 1.82) is 0 Å². The topological polar surface area (TPSA) is 90.1 Å². The van der Waals surface area contributed by atoms with Gasteiger partial charge in [0.05, 0.1) is 0 Å². The fourth-order valence-corrected chi connectivity index (χ4v) is 0.432. The third-order valence-corrected chi connectivity index (χ3v) is 0.787. The van der Waals surface area contributed by atoms with Crippen LogP contribution in [0.1, 0.15) is 20.8 Å². The first-order valence-electron chi connectivity index (χ1n) is 4.42. The highest BCUT2D eigenvalue weighted by Gasteiger charge is 1.88. The molecule has 0 bridgehead atoms. The lowest BCUT2D eigenvalue weighted by atomic mass is 10.4. The predicted molar refractivity (Wildman–Crippen MR) is 54.9 cm³/mol. The highest BCUT2D eigenvalue weighted by molar-refractivity contribution is 4.56. The van der Waals surface area contributed by atoms with Crippen LogP contribution in [0.5, 0.6) is 0 Å². The number of nitrogens with two attached hydrogens (primary N) is 3. The third kappa shape index (κ3) is 32.8. The summed E-state index contributed by atoms with van der Waals surface area (Å²) >= 11 is 0. The average molecular weight is 176 g/mol. The first kappa shape index (κ1) is 14.4. The van der Waals surface area contributed by atoms with Gasteiger partial charge in [0.1, 0.15) is 0 Å². The molecular weight excluding hydrogens is 152 g/mol. The molecule has 0 radical (unpaired) electrons. The molecule has 4 heteroatoms. The standard InChI is InChI=1S/C5H15N3.C3H9N/c1-5(7)4-8-3-2-6;1-3(2)4/h5,8H,2-4,6-7H2,1H3;3H,4H2,1-2H3. The van der Waals surface area contributed by atoms with E-state index in [0.717, 1.165) is 13.1 Å². The monoisotopic (exact) mass is 176 g/mol. The van der Waals surface area contributed by atoms with Gasteiger partial charge in [0.2, 0.25) is 0 Å². The summed E-state index contributed by atoms with van der Waals surface area (Å²) in [5.41, 5.74) is 15.8. The fourth-order valence-electron chi connectivity index (χ4n) is 0.432. The summed E-state index contributed by atoms with van der Waals surface area (Å²) in [6, 6.07) is 0.571. The van der Waals surface area contributed by atoms with Gasteiger partial charge in [-0.15, -0.1) is 0 Å². The Morgan fingerprint density at radius 3 is 1.83 bits per heavy atom. The Hall–Kier alpha value is -0.160. The summed E-state index contributed by atoms with van der Waals surface area (Å²) in [4.78, 5) is 0. The Morgan fingerprint density at radius 2 is 1.58 bits per heavy atom. The van der Waals surface area contributed by atoms with Crippen molar-refractivity contribution < 1.29 is 0 Å². The molecule has 0 saturated carbocycles. The van der Waals surface area contributed by atoms with Gasteiger partial charge in [-0.2, -0.15) is 0 Å². The quantitative estimate of drug-likeness (QED) is 0.424. The predicted octanol–water partition coefficient (Wildman–Crippen LogP) is -0.765. The molecule has 0 amide bonds. The van der Waals surface area contributed by atoms with Crippen LogP contribution < -0.4 is 22.5 Å². The maximum Gasteiger partial charge on any atom is 0.0136 e. The first-order chi connectivity index (χ1) is 5.50. The Bertz CT molecular complexity index is 70.7. The lowest BCUT2D eigenvalue weighted by Gasteiger charge is -2.04. The van der Waals surface area contributed by atoms with E-state index < -0.39 is 0 Å². The minimum Gasteiger partial charge on any atom is -0.329 e. The van der Waals surface area contributed by atoms with E-state index in [1.807, 2.05) is 20.8 Å². The molecule has 0 aromatic rings. The molecule has 0 aromatic heterocycles. The van der Waals surface area contributed by atoms with Gasteiger partial charge in [0, 0.05) is 25.7 Å². The van der Waals surface area contributed by atoms with Gasteiger partial charge < -0.3 is 22.5 Å². The van der Waals surface area contributed by atoms with Crippen molar-refractivity contribution in [2.24, 2.45) is 17.2 Å². The van der Waals surface area contributed by atoms with Crippen LogP contribution in [0, 0.1) is 0 Å². The van der Waals surface area contributed by atoms with Crippen LogP contribution in [0.4, 0.5) is 0 Å². The minimum atomic E-state index is 0.238. The van der Waals surface area contributed by atoms with Gasteiger partial charge in [-0.1, -0.05) is 13.8 Å². The molecule has 0 aliphatic rings. The second-order valence-electron chi connectivity index (χ2n) is 3.21. The molecule has 7 N–H and O–H groups in total. The van der Waals surface area contributed by atoms with Gasteiger partial charge in [-0.3, -0.25) is 0 Å². The first-order valence-corrected chi connectivity index (χ1v) is 4.42. The van der Waals surface area contributed by atoms with Crippen molar-refractivity contribution in [3.63, 3.8) is 0 Å². The van der Waals surface area contributed by atoms with Crippen LogP contribution in [-0.2, 0) is 0 Å². The van der Waals surface area contributed by atoms with Crippen LogP contribution in [0.15, 0.2) is 0 Å². The summed E-state index contributed by atoms with van der Waals surface area (Å²) in [6.07, 6.45) is 0. The molecule has 4 nitrogen and oxygen atoms in total. The average Bonchev–Trinajstić information content (AvgIpc) is 1.86. The van der Waals surface area contributed by atoms with E-state index in [0.29, 0.717) is 12.6 Å². The Morgan fingerprint density at radius 1 is 1.17 bits per heavy atom. The maximum absolute atomic E-state index is 5.43. The normalized spacial score (nSPS) is 12.2. The zero-order valence-electron chi connectivity index (χ0n) is 8.51. The van der Waals surface area contributed by atoms with Crippen LogP contribution in [-0.4, -0.2) is 31.7 Å². The molecule has 0 fully saturated rings. The lowest BCUT2D eigenvalue weighted by Crippen LogP contribution is -2.33. The van der Waals surface area contributed by atoms with Crippen molar-refractivity contribution in [1.82, 2.24) is 5.32 Å². The molecule has 0 rings (SSSR count). The van der Waals surface area contributed by atoms with E-state index >= 15 is 0 Å². The zero-order valence-corrected chi connectivity index (χ0v) is 8.51. The maximum atomic E-state index is 5.43. The molecule has 76 valence electrons. The molecular formula is C8H24N4. The van der Waals surface area contributed by atoms with E-state index in [2.05, 4.69) is 5.32 Å². The molecule has 0 spiro atoms. The Balaban J connectivity index is 0. The molecule has 1 unspecified atom stereocenters. The summed E-state index contributed by atoms with van der Waals surface area (Å²) in [5, 5.41) is 3.08. The van der Waals surface area contributed by atoms with E-state index in [1.54, 1.807) is 0 Å². The molecule has 0 saturated heterocycles. The summed E-state index contributed by atoms with van der Waals surface area (Å²) in [5.74, 6) is 0. The molecule has 12 heavy (non-hydrogen) atoms. The van der Waals surface area contributed by atoms with Crippen molar-refractivity contribution in [3.05, 3.63) is 0 Å². The van der Waals surface area contributed by atoms with Crippen LogP contribution in [0.25, 0.3) is 0 Å². The molecule has 0 aliphatic heterocycles. The SMILES string of the molecule is CC(C)N.CC(N)CNCCN. The Labute approximate surface area is 75.9 Å². The second-order valence-corrected chi connectivity index (χ2v) is 3.21. The van der Waals surface area contributed by atoms with Crippen LogP contribution >= 0.6 is 0 Å². The van der Waals surface area contributed by atoms with Gasteiger partial charge in [-0.25, -0.2) is 0 Å². The minimum absolute atomic E-state index is 0.238. The summed E-state index contributed by atoms with van der Waals surface area (Å²) < 4.78 is 0. The number of hydrogen-bond acceptors (Lipinski definition) is 4.